The zero-order valence-electron chi connectivity index (χ0n) is 13.0. The van der Waals surface area contributed by atoms with Gasteiger partial charge in [-0.3, -0.25) is 4.79 Å². The molecule has 0 radical (unpaired) electrons. The summed E-state index contributed by atoms with van der Waals surface area (Å²) in [6.07, 6.45) is 3.01. The van der Waals surface area contributed by atoms with Crippen LogP contribution in [0.2, 0.25) is 0 Å². The number of allylic oxidation sites excluding steroid dienone is 1. The number of aromatic carboxylic acids is 1. The second-order valence-corrected chi connectivity index (χ2v) is 6.24. The molecule has 0 atom stereocenters. The number of carbonyl (C=O) groups is 2. The van der Waals surface area contributed by atoms with Gasteiger partial charge < -0.3 is 5.11 Å². The van der Waals surface area contributed by atoms with Crippen LogP contribution in [0.4, 0.5) is 4.39 Å². The largest absolute Gasteiger partial charge is 0.478 e. The molecule has 0 saturated heterocycles. The number of carboxylic acids is 1. The molecule has 0 amide bonds. The molecular formula is C20H13FO3S. The molecule has 0 saturated carbocycles. The van der Waals surface area contributed by atoms with Gasteiger partial charge >= 0.3 is 5.97 Å². The first-order chi connectivity index (χ1) is 12.0. The van der Waals surface area contributed by atoms with E-state index in [1.807, 2.05) is 17.5 Å². The van der Waals surface area contributed by atoms with Gasteiger partial charge in [-0.05, 0) is 47.4 Å². The van der Waals surface area contributed by atoms with E-state index in [4.69, 9.17) is 5.11 Å². The average Bonchev–Trinajstić information content (AvgIpc) is 3.15. The van der Waals surface area contributed by atoms with Crippen LogP contribution in [-0.2, 0) is 0 Å². The zero-order chi connectivity index (χ0) is 17.8. The number of ketones is 1. The Morgan fingerprint density at radius 2 is 1.72 bits per heavy atom. The van der Waals surface area contributed by atoms with Crippen molar-refractivity contribution in [3.05, 3.63) is 88.6 Å². The first kappa shape index (κ1) is 16.8. The van der Waals surface area contributed by atoms with Crippen LogP contribution in [0.15, 0.2) is 66.1 Å². The molecule has 25 heavy (non-hydrogen) atoms. The highest BCUT2D eigenvalue weighted by Gasteiger charge is 2.08. The lowest BCUT2D eigenvalue weighted by atomic mass is 10.1. The van der Waals surface area contributed by atoms with Crippen molar-refractivity contribution in [2.24, 2.45) is 0 Å². The van der Waals surface area contributed by atoms with Crippen molar-refractivity contribution in [3.63, 3.8) is 0 Å². The van der Waals surface area contributed by atoms with Crippen LogP contribution in [-0.4, -0.2) is 16.9 Å². The van der Waals surface area contributed by atoms with Gasteiger partial charge in [-0.1, -0.05) is 30.3 Å². The Labute approximate surface area is 147 Å². The van der Waals surface area contributed by atoms with Crippen LogP contribution in [0.25, 0.3) is 16.5 Å². The summed E-state index contributed by atoms with van der Waals surface area (Å²) in [4.78, 5) is 23.8. The molecular weight excluding hydrogens is 339 g/mol. The van der Waals surface area contributed by atoms with Crippen molar-refractivity contribution in [3.8, 4) is 10.4 Å². The third-order valence-electron chi connectivity index (χ3n) is 3.62. The van der Waals surface area contributed by atoms with E-state index in [-0.39, 0.29) is 17.2 Å². The summed E-state index contributed by atoms with van der Waals surface area (Å²) in [5.41, 5.74) is 1.72. The van der Waals surface area contributed by atoms with Gasteiger partial charge in [0.1, 0.15) is 5.82 Å². The Morgan fingerprint density at radius 3 is 2.36 bits per heavy atom. The van der Waals surface area contributed by atoms with E-state index in [2.05, 4.69) is 0 Å². The predicted octanol–water partition coefficient (Wildman–Crippen LogP) is 5.15. The second-order valence-electron chi connectivity index (χ2n) is 5.30. The molecule has 0 aliphatic carbocycles. The van der Waals surface area contributed by atoms with Crippen molar-refractivity contribution in [2.45, 2.75) is 0 Å². The summed E-state index contributed by atoms with van der Waals surface area (Å²) in [6.45, 7) is 0. The maximum Gasteiger partial charge on any atom is 0.335 e. The highest BCUT2D eigenvalue weighted by Crippen LogP contribution is 2.28. The van der Waals surface area contributed by atoms with E-state index in [0.717, 1.165) is 4.88 Å². The lowest BCUT2D eigenvalue weighted by Gasteiger charge is -2.02. The van der Waals surface area contributed by atoms with E-state index >= 15 is 0 Å². The van der Waals surface area contributed by atoms with Gasteiger partial charge in [0.15, 0.2) is 5.78 Å². The van der Waals surface area contributed by atoms with Crippen molar-refractivity contribution in [1.29, 1.82) is 0 Å². The van der Waals surface area contributed by atoms with Crippen molar-refractivity contribution < 1.29 is 19.1 Å². The molecule has 0 fully saturated rings. The van der Waals surface area contributed by atoms with Crippen LogP contribution >= 0.6 is 11.3 Å². The Bertz CT molecular complexity index is 942. The number of carbonyl (C=O) groups excluding carboxylic acids is 1. The minimum absolute atomic E-state index is 0.125. The third-order valence-corrected chi connectivity index (χ3v) is 4.52. The average molecular weight is 352 g/mol. The fourth-order valence-corrected chi connectivity index (χ4v) is 3.06. The van der Waals surface area contributed by atoms with Crippen LogP contribution in [0.5, 0.6) is 0 Å². The number of halogens is 1. The number of hydrogen-bond donors (Lipinski definition) is 1. The molecule has 3 aromatic rings. The molecule has 3 rings (SSSR count). The standard InChI is InChI=1S/C20H13FO3S/c21-17-9-3-13(12-16(17)19-2-1-11-25-19)4-10-18(22)14-5-7-15(8-6-14)20(23)24/h1-12H,(H,23,24)/b10-4+. The molecule has 3 nitrogen and oxygen atoms in total. The number of rotatable bonds is 5. The molecule has 1 heterocycles. The molecule has 0 aliphatic heterocycles. The number of hydrogen-bond acceptors (Lipinski definition) is 3. The normalized spacial score (nSPS) is 10.9. The molecule has 0 unspecified atom stereocenters. The fourth-order valence-electron chi connectivity index (χ4n) is 2.31. The predicted molar refractivity (Wildman–Crippen MR) is 96.5 cm³/mol. The Morgan fingerprint density at radius 1 is 1.00 bits per heavy atom. The minimum Gasteiger partial charge on any atom is -0.478 e. The highest BCUT2D eigenvalue weighted by atomic mass is 32.1. The fraction of sp³-hybridized carbons (Fsp3) is 0. The van der Waals surface area contributed by atoms with Gasteiger partial charge in [0, 0.05) is 16.0 Å². The quantitative estimate of drug-likeness (QED) is 0.510. The summed E-state index contributed by atoms with van der Waals surface area (Å²) < 4.78 is 14.0. The Kier molecular flexibility index (Phi) is 4.86. The minimum atomic E-state index is -1.04. The van der Waals surface area contributed by atoms with Crippen LogP contribution in [0, 0.1) is 5.82 Å². The third kappa shape index (κ3) is 3.89. The lowest BCUT2D eigenvalue weighted by Crippen LogP contribution is -1.98. The molecule has 0 bridgehead atoms. The maximum absolute atomic E-state index is 14.0. The monoisotopic (exact) mass is 352 g/mol. The van der Waals surface area contributed by atoms with E-state index in [0.29, 0.717) is 16.7 Å². The molecule has 1 N–H and O–H groups in total. The van der Waals surface area contributed by atoms with E-state index < -0.39 is 5.97 Å². The highest BCUT2D eigenvalue weighted by molar-refractivity contribution is 7.13. The zero-order valence-corrected chi connectivity index (χ0v) is 13.8. The Balaban J connectivity index is 1.81. The lowest BCUT2D eigenvalue weighted by molar-refractivity contribution is 0.0696. The second kappa shape index (κ2) is 7.23. The Hall–Kier alpha value is -3.05. The first-order valence-corrected chi connectivity index (χ1v) is 8.32. The van der Waals surface area contributed by atoms with Crippen LogP contribution in [0.3, 0.4) is 0 Å². The van der Waals surface area contributed by atoms with E-state index in [1.54, 1.807) is 18.2 Å². The molecule has 2 aromatic carbocycles. The summed E-state index contributed by atoms with van der Waals surface area (Å²) >= 11 is 1.44. The van der Waals surface area contributed by atoms with Gasteiger partial charge in [0.25, 0.3) is 0 Å². The van der Waals surface area contributed by atoms with Gasteiger partial charge in [-0.2, -0.15) is 0 Å². The SMILES string of the molecule is O=C(O)c1ccc(C(=O)/C=C/c2ccc(F)c(-c3cccs3)c2)cc1. The first-order valence-electron chi connectivity index (χ1n) is 7.44. The van der Waals surface area contributed by atoms with Crippen molar-refractivity contribution in [2.75, 3.05) is 0 Å². The van der Waals surface area contributed by atoms with Gasteiger partial charge in [0.05, 0.1) is 5.56 Å². The molecule has 5 heteroatoms. The topological polar surface area (TPSA) is 54.4 Å². The van der Waals surface area contributed by atoms with Crippen LogP contribution in [0.1, 0.15) is 26.3 Å². The van der Waals surface area contributed by atoms with Gasteiger partial charge in [-0.15, -0.1) is 11.3 Å². The number of benzene rings is 2. The summed E-state index contributed by atoms with van der Waals surface area (Å²) in [5.74, 6) is -1.60. The summed E-state index contributed by atoms with van der Waals surface area (Å²) in [7, 11) is 0. The summed E-state index contributed by atoms with van der Waals surface area (Å²) in [5, 5.41) is 10.7. The number of carboxylic acid groups (broad SMARTS) is 1. The van der Waals surface area contributed by atoms with E-state index in [1.165, 1.54) is 47.7 Å². The van der Waals surface area contributed by atoms with E-state index in [9.17, 15) is 14.0 Å². The van der Waals surface area contributed by atoms with Gasteiger partial charge in [0.2, 0.25) is 0 Å². The maximum atomic E-state index is 14.0. The van der Waals surface area contributed by atoms with Gasteiger partial charge in [-0.25, -0.2) is 9.18 Å². The molecule has 0 spiro atoms. The van der Waals surface area contributed by atoms with Crippen molar-refractivity contribution >= 4 is 29.2 Å². The summed E-state index contributed by atoms with van der Waals surface area (Å²) in [6, 6.07) is 14.1. The number of thiophene rings is 1. The molecule has 0 aliphatic rings. The smallest absolute Gasteiger partial charge is 0.335 e. The molecule has 1 aromatic heterocycles. The van der Waals surface area contributed by atoms with Crippen molar-refractivity contribution in [1.82, 2.24) is 0 Å². The molecule has 124 valence electrons. The van der Waals surface area contributed by atoms with Crippen LogP contribution < -0.4 is 0 Å².